The number of aryl methyl sites for hydroxylation is 1. The molecule has 2 rings (SSSR count). The molecule has 1 heterocycles. The summed E-state index contributed by atoms with van der Waals surface area (Å²) in [6.45, 7) is 1.98. The number of benzene rings is 1. The minimum atomic E-state index is -0.626. The first-order valence-electron chi connectivity index (χ1n) is 6.06. The van der Waals surface area contributed by atoms with E-state index in [0.29, 0.717) is 11.1 Å². The van der Waals surface area contributed by atoms with Crippen LogP contribution < -0.4 is 10.1 Å². The van der Waals surface area contributed by atoms with Gasteiger partial charge < -0.3 is 10.1 Å². The van der Waals surface area contributed by atoms with E-state index < -0.39 is 10.8 Å². The summed E-state index contributed by atoms with van der Waals surface area (Å²) >= 11 is 6.08. The van der Waals surface area contributed by atoms with E-state index in [4.69, 9.17) is 16.3 Å². The molecule has 5 heteroatoms. The molecule has 1 fully saturated rings. The van der Waals surface area contributed by atoms with Crippen molar-refractivity contribution in [1.82, 2.24) is 0 Å². The van der Waals surface area contributed by atoms with Gasteiger partial charge in [-0.2, -0.15) is 0 Å². The van der Waals surface area contributed by atoms with Crippen molar-refractivity contribution >= 4 is 28.1 Å². The van der Waals surface area contributed by atoms with E-state index >= 15 is 0 Å². The van der Waals surface area contributed by atoms with Crippen LogP contribution in [0.1, 0.15) is 18.4 Å². The van der Waals surface area contributed by atoms with Crippen LogP contribution in [0.4, 0.5) is 5.69 Å². The number of ether oxygens (including phenoxy) is 1. The molecule has 18 heavy (non-hydrogen) atoms. The molecule has 0 unspecified atom stereocenters. The molecule has 1 N–H and O–H groups in total. The lowest BCUT2D eigenvalue weighted by molar-refractivity contribution is 0.415. The lowest BCUT2D eigenvalue weighted by atomic mass is 10.1. The molecule has 1 aromatic carbocycles. The van der Waals surface area contributed by atoms with E-state index in [0.717, 1.165) is 41.3 Å². The van der Waals surface area contributed by atoms with E-state index in [9.17, 15) is 4.21 Å². The summed E-state index contributed by atoms with van der Waals surface area (Å²) in [5.41, 5.74) is 2.00. The van der Waals surface area contributed by atoms with Gasteiger partial charge in [-0.25, -0.2) is 0 Å². The SMILES string of the molecule is COc1cc(Cl)c(C)cc1NC1CCS(=O)CC1. The molecule has 1 aliphatic rings. The summed E-state index contributed by atoms with van der Waals surface area (Å²) in [4.78, 5) is 0. The van der Waals surface area contributed by atoms with Crippen molar-refractivity contribution in [2.24, 2.45) is 0 Å². The summed E-state index contributed by atoms with van der Waals surface area (Å²) < 4.78 is 16.7. The maximum Gasteiger partial charge on any atom is 0.143 e. The van der Waals surface area contributed by atoms with Gasteiger partial charge in [-0.05, 0) is 31.4 Å². The molecule has 0 aliphatic carbocycles. The average Bonchev–Trinajstić information content (AvgIpc) is 2.36. The summed E-state index contributed by atoms with van der Waals surface area (Å²) in [7, 11) is 1.01. The van der Waals surface area contributed by atoms with Gasteiger partial charge in [0, 0.05) is 39.4 Å². The van der Waals surface area contributed by atoms with Gasteiger partial charge in [0.15, 0.2) is 0 Å². The highest BCUT2D eigenvalue weighted by molar-refractivity contribution is 7.85. The molecule has 1 saturated heterocycles. The van der Waals surface area contributed by atoms with Gasteiger partial charge in [-0.3, -0.25) is 4.21 Å². The normalized spacial score (nSPS) is 23.7. The predicted molar refractivity (Wildman–Crippen MR) is 77.3 cm³/mol. The minimum absolute atomic E-state index is 0.372. The van der Waals surface area contributed by atoms with Crippen molar-refractivity contribution in [3.8, 4) is 5.75 Å². The number of methoxy groups -OCH3 is 1. The average molecular weight is 288 g/mol. The van der Waals surface area contributed by atoms with Gasteiger partial charge in [-0.1, -0.05) is 11.6 Å². The van der Waals surface area contributed by atoms with E-state index in [1.165, 1.54) is 0 Å². The van der Waals surface area contributed by atoms with Crippen molar-refractivity contribution in [2.45, 2.75) is 25.8 Å². The summed E-state index contributed by atoms with van der Waals surface area (Å²) in [5, 5.41) is 4.18. The third kappa shape index (κ3) is 3.18. The molecule has 3 nitrogen and oxygen atoms in total. The Hall–Kier alpha value is -0.740. The van der Waals surface area contributed by atoms with E-state index in [1.807, 2.05) is 19.1 Å². The Labute approximate surface area is 115 Å². The highest BCUT2D eigenvalue weighted by atomic mass is 35.5. The van der Waals surface area contributed by atoms with Crippen molar-refractivity contribution < 1.29 is 8.95 Å². The van der Waals surface area contributed by atoms with Crippen LogP contribution in [-0.2, 0) is 10.8 Å². The molecule has 0 radical (unpaired) electrons. The molecule has 0 atom stereocenters. The Bertz CT molecular complexity index is 455. The molecule has 0 saturated carbocycles. The fourth-order valence-electron chi connectivity index (χ4n) is 2.10. The van der Waals surface area contributed by atoms with Crippen molar-refractivity contribution in [3.63, 3.8) is 0 Å². The van der Waals surface area contributed by atoms with Crippen LogP contribution in [0.2, 0.25) is 5.02 Å². The first-order chi connectivity index (χ1) is 8.60. The van der Waals surface area contributed by atoms with Crippen LogP contribution in [0.15, 0.2) is 12.1 Å². The number of anilines is 1. The molecule has 1 aliphatic heterocycles. The Balaban J connectivity index is 2.13. The molecule has 0 amide bonds. The smallest absolute Gasteiger partial charge is 0.143 e. The fraction of sp³-hybridized carbons (Fsp3) is 0.538. The summed E-state index contributed by atoms with van der Waals surface area (Å²) in [6, 6.07) is 4.21. The first-order valence-corrected chi connectivity index (χ1v) is 7.92. The zero-order chi connectivity index (χ0) is 13.1. The molecular weight excluding hydrogens is 270 g/mol. The Kier molecular flexibility index (Phi) is 4.51. The predicted octanol–water partition coefficient (Wildman–Crippen LogP) is 2.98. The van der Waals surface area contributed by atoms with Gasteiger partial charge in [0.05, 0.1) is 12.8 Å². The van der Waals surface area contributed by atoms with Gasteiger partial charge in [0.2, 0.25) is 0 Å². The number of rotatable bonds is 3. The minimum Gasteiger partial charge on any atom is -0.495 e. The summed E-state index contributed by atoms with van der Waals surface area (Å²) in [5.74, 6) is 2.33. The topological polar surface area (TPSA) is 38.3 Å². The zero-order valence-corrected chi connectivity index (χ0v) is 12.2. The number of nitrogens with one attached hydrogen (secondary N) is 1. The lowest BCUT2D eigenvalue weighted by Gasteiger charge is -2.25. The largest absolute Gasteiger partial charge is 0.495 e. The van der Waals surface area contributed by atoms with Gasteiger partial charge >= 0.3 is 0 Å². The van der Waals surface area contributed by atoms with E-state index in [1.54, 1.807) is 7.11 Å². The number of halogens is 1. The molecular formula is C13H18ClNO2S. The third-order valence-electron chi connectivity index (χ3n) is 3.23. The van der Waals surface area contributed by atoms with Gasteiger partial charge in [0.25, 0.3) is 0 Å². The van der Waals surface area contributed by atoms with Crippen LogP contribution in [0.5, 0.6) is 5.75 Å². The van der Waals surface area contributed by atoms with Crippen LogP contribution in [0.25, 0.3) is 0 Å². The van der Waals surface area contributed by atoms with Gasteiger partial charge in [-0.15, -0.1) is 0 Å². The maximum absolute atomic E-state index is 11.3. The standard InChI is InChI=1S/C13H18ClNO2S/c1-9-7-12(13(17-2)8-11(9)14)15-10-3-5-18(16)6-4-10/h7-8,10,15H,3-6H2,1-2H3. The number of hydrogen-bond donors (Lipinski definition) is 1. The second-order valence-electron chi connectivity index (χ2n) is 4.57. The fourth-order valence-corrected chi connectivity index (χ4v) is 3.56. The van der Waals surface area contributed by atoms with Crippen molar-refractivity contribution in [2.75, 3.05) is 23.9 Å². The lowest BCUT2D eigenvalue weighted by Crippen LogP contribution is -2.29. The molecule has 0 spiro atoms. The van der Waals surface area contributed by atoms with Crippen LogP contribution in [0, 0.1) is 6.92 Å². The quantitative estimate of drug-likeness (QED) is 0.929. The molecule has 0 aromatic heterocycles. The van der Waals surface area contributed by atoms with Crippen LogP contribution >= 0.6 is 11.6 Å². The summed E-state index contributed by atoms with van der Waals surface area (Å²) in [6.07, 6.45) is 1.88. The maximum atomic E-state index is 11.3. The van der Waals surface area contributed by atoms with Crippen LogP contribution in [0.3, 0.4) is 0 Å². The highest BCUT2D eigenvalue weighted by Gasteiger charge is 2.19. The van der Waals surface area contributed by atoms with E-state index in [2.05, 4.69) is 5.32 Å². The Morgan fingerprint density at radius 2 is 2.06 bits per heavy atom. The Morgan fingerprint density at radius 3 is 2.67 bits per heavy atom. The van der Waals surface area contributed by atoms with Crippen molar-refractivity contribution in [3.05, 3.63) is 22.7 Å². The molecule has 100 valence electrons. The highest BCUT2D eigenvalue weighted by Crippen LogP contribution is 2.32. The van der Waals surface area contributed by atoms with Crippen molar-refractivity contribution in [1.29, 1.82) is 0 Å². The van der Waals surface area contributed by atoms with E-state index in [-0.39, 0.29) is 0 Å². The first kappa shape index (κ1) is 13.7. The third-order valence-corrected chi connectivity index (χ3v) is 5.02. The zero-order valence-electron chi connectivity index (χ0n) is 10.7. The second-order valence-corrected chi connectivity index (χ2v) is 6.67. The second kappa shape index (κ2) is 5.93. The van der Waals surface area contributed by atoms with Gasteiger partial charge in [0.1, 0.15) is 5.75 Å². The number of hydrogen-bond acceptors (Lipinski definition) is 3. The monoisotopic (exact) mass is 287 g/mol. The van der Waals surface area contributed by atoms with Crippen LogP contribution in [-0.4, -0.2) is 28.9 Å². The Morgan fingerprint density at radius 1 is 1.39 bits per heavy atom. The molecule has 0 bridgehead atoms. The molecule has 1 aromatic rings.